The minimum Gasteiger partial charge on any atom is -0.397 e. The van der Waals surface area contributed by atoms with E-state index in [2.05, 4.69) is 5.32 Å². The van der Waals surface area contributed by atoms with Gasteiger partial charge in [0.15, 0.2) is 0 Å². The maximum Gasteiger partial charge on any atom is 0.238 e. The first-order valence-electron chi connectivity index (χ1n) is 5.14. The lowest BCUT2D eigenvalue weighted by Crippen LogP contribution is -2.28. The van der Waals surface area contributed by atoms with E-state index in [0.29, 0.717) is 11.4 Å². The standard InChI is InChI=1S/C10H18N4O2S/c1-13-5-6-14(2)10-7-8(17(12,15)16)3-4-9(10)11/h3-4,7,13H,5-6,11H2,1-2H3,(H2,12,15,16). The van der Waals surface area contributed by atoms with Crippen LogP contribution < -0.4 is 21.1 Å². The molecule has 0 aliphatic heterocycles. The SMILES string of the molecule is CNCCN(C)c1cc(S(N)(=O)=O)ccc1N. The summed E-state index contributed by atoms with van der Waals surface area (Å²) in [4.78, 5) is 1.94. The van der Waals surface area contributed by atoms with Gasteiger partial charge in [-0.25, -0.2) is 13.6 Å². The van der Waals surface area contributed by atoms with Crippen LogP contribution in [0.3, 0.4) is 0 Å². The van der Waals surface area contributed by atoms with Gasteiger partial charge in [0, 0.05) is 20.1 Å². The third kappa shape index (κ3) is 3.58. The van der Waals surface area contributed by atoms with E-state index in [9.17, 15) is 8.42 Å². The van der Waals surface area contributed by atoms with Gasteiger partial charge in [-0.15, -0.1) is 0 Å². The molecule has 0 aliphatic rings. The number of primary sulfonamides is 1. The normalized spacial score (nSPS) is 11.5. The van der Waals surface area contributed by atoms with Crippen LogP contribution in [-0.4, -0.2) is 35.6 Å². The summed E-state index contributed by atoms with van der Waals surface area (Å²) in [7, 11) is -0.00555. The highest BCUT2D eigenvalue weighted by molar-refractivity contribution is 7.89. The zero-order valence-electron chi connectivity index (χ0n) is 9.97. The van der Waals surface area contributed by atoms with Crippen LogP contribution in [0.15, 0.2) is 23.1 Å². The molecule has 0 unspecified atom stereocenters. The Morgan fingerprint density at radius 3 is 2.59 bits per heavy atom. The number of hydrogen-bond acceptors (Lipinski definition) is 5. The van der Waals surface area contributed by atoms with E-state index in [1.807, 2.05) is 19.0 Å². The predicted octanol–water partition coefficient (Wildman–Crippen LogP) is -0.428. The molecule has 0 saturated carbocycles. The van der Waals surface area contributed by atoms with Gasteiger partial charge in [0.25, 0.3) is 0 Å². The fourth-order valence-electron chi connectivity index (χ4n) is 1.43. The summed E-state index contributed by atoms with van der Waals surface area (Å²) < 4.78 is 22.5. The lowest BCUT2D eigenvalue weighted by Gasteiger charge is -2.21. The number of nitrogen functional groups attached to an aromatic ring is 1. The third-order valence-corrected chi connectivity index (χ3v) is 3.35. The molecular formula is C10H18N4O2S. The van der Waals surface area contributed by atoms with E-state index < -0.39 is 10.0 Å². The molecule has 1 aromatic carbocycles. The molecule has 1 rings (SSSR count). The van der Waals surface area contributed by atoms with E-state index in [1.165, 1.54) is 12.1 Å². The molecule has 0 atom stereocenters. The van der Waals surface area contributed by atoms with Crippen LogP contribution in [0.2, 0.25) is 0 Å². The van der Waals surface area contributed by atoms with Crippen molar-refractivity contribution >= 4 is 21.4 Å². The average molecular weight is 258 g/mol. The van der Waals surface area contributed by atoms with Gasteiger partial charge in [-0.05, 0) is 25.2 Å². The first-order valence-corrected chi connectivity index (χ1v) is 6.69. The maximum absolute atomic E-state index is 11.2. The summed E-state index contributed by atoms with van der Waals surface area (Å²) in [5.74, 6) is 0. The van der Waals surface area contributed by atoms with Gasteiger partial charge in [-0.2, -0.15) is 0 Å². The summed E-state index contributed by atoms with van der Waals surface area (Å²) in [6, 6.07) is 4.44. The van der Waals surface area contributed by atoms with Gasteiger partial charge in [0.05, 0.1) is 16.3 Å². The van der Waals surface area contributed by atoms with Crippen molar-refractivity contribution in [1.82, 2.24) is 5.32 Å². The Bertz CT molecular complexity index is 487. The molecule has 7 heteroatoms. The molecule has 0 spiro atoms. The smallest absolute Gasteiger partial charge is 0.238 e. The summed E-state index contributed by atoms with van der Waals surface area (Å²) in [5, 5.41) is 8.08. The molecule has 0 bridgehead atoms. The molecule has 0 aliphatic carbocycles. The lowest BCUT2D eigenvalue weighted by molar-refractivity contribution is 0.598. The Labute approximate surface area is 102 Å². The fourth-order valence-corrected chi connectivity index (χ4v) is 1.96. The quantitative estimate of drug-likeness (QED) is 0.622. The number of sulfonamides is 1. The second-order valence-electron chi connectivity index (χ2n) is 3.79. The number of likely N-dealkylation sites (N-methyl/N-ethyl adjacent to an activating group) is 2. The van der Waals surface area contributed by atoms with Crippen molar-refractivity contribution in [2.24, 2.45) is 5.14 Å². The van der Waals surface area contributed by atoms with Gasteiger partial charge in [-0.1, -0.05) is 0 Å². The molecule has 0 saturated heterocycles. The summed E-state index contributed by atoms with van der Waals surface area (Å²) >= 11 is 0. The maximum atomic E-state index is 11.2. The highest BCUT2D eigenvalue weighted by atomic mass is 32.2. The van der Waals surface area contributed by atoms with E-state index in [1.54, 1.807) is 6.07 Å². The number of rotatable bonds is 5. The largest absolute Gasteiger partial charge is 0.397 e. The van der Waals surface area contributed by atoms with Crippen LogP contribution in [0.1, 0.15) is 0 Å². The minimum atomic E-state index is -3.69. The van der Waals surface area contributed by atoms with E-state index in [0.717, 1.165) is 13.1 Å². The summed E-state index contributed by atoms with van der Waals surface area (Å²) in [6.07, 6.45) is 0. The fraction of sp³-hybridized carbons (Fsp3) is 0.400. The molecule has 0 aromatic heterocycles. The Morgan fingerprint density at radius 1 is 1.41 bits per heavy atom. The number of nitrogens with one attached hydrogen (secondary N) is 1. The molecule has 0 fully saturated rings. The molecule has 96 valence electrons. The molecule has 0 heterocycles. The first-order chi connectivity index (χ1) is 7.86. The van der Waals surface area contributed by atoms with Crippen LogP contribution in [0.25, 0.3) is 0 Å². The van der Waals surface area contributed by atoms with Crippen molar-refractivity contribution in [1.29, 1.82) is 0 Å². The second kappa shape index (κ2) is 5.35. The Hall–Kier alpha value is -1.31. The third-order valence-electron chi connectivity index (χ3n) is 2.44. The minimum absolute atomic E-state index is 0.0676. The van der Waals surface area contributed by atoms with Crippen molar-refractivity contribution in [3.63, 3.8) is 0 Å². The van der Waals surface area contributed by atoms with Crippen molar-refractivity contribution in [3.8, 4) is 0 Å². The van der Waals surface area contributed by atoms with E-state index >= 15 is 0 Å². The Morgan fingerprint density at radius 2 is 2.06 bits per heavy atom. The Balaban J connectivity index is 3.06. The van der Waals surface area contributed by atoms with Gasteiger partial charge in [-0.3, -0.25) is 0 Å². The second-order valence-corrected chi connectivity index (χ2v) is 5.35. The average Bonchev–Trinajstić information content (AvgIpc) is 2.24. The monoisotopic (exact) mass is 258 g/mol. The van der Waals surface area contributed by atoms with Crippen LogP contribution in [0.5, 0.6) is 0 Å². The molecule has 6 nitrogen and oxygen atoms in total. The lowest BCUT2D eigenvalue weighted by atomic mass is 10.2. The zero-order valence-corrected chi connectivity index (χ0v) is 10.8. The molecule has 0 amide bonds. The highest BCUT2D eigenvalue weighted by Crippen LogP contribution is 2.24. The van der Waals surface area contributed by atoms with Crippen molar-refractivity contribution in [2.75, 3.05) is 37.8 Å². The summed E-state index contributed by atoms with van der Waals surface area (Å²) in [5.41, 5.74) is 6.99. The van der Waals surface area contributed by atoms with Gasteiger partial charge < -0.3 is 16.0 Å². The van der Waals surface area contributed by atoms with Crippen molar-refractivity contribution in [2.45, 2.75) is 4.90 Å². The van der Waals surface area contributed by atoms with Crippen LogP contribution >= 0.6 is 0 Å². The van der Waals surface area contributed by atoms with Gasteiger partial charge >= 0.3 is 0 Å². The molecular weight excluding hydrogens is 240 g/mol. The number of benzene rings is 1. The Kier molecular flexibility index (Phi) is 4.33. The number of anilines is 2. The molecule has 5 N–H and O–H groups in total. The first kappa shape index (κ1) is 13.8. The molecule has 1 aromatic rings. The summed E-state index contributed by atoms with van der Waals surface area (Å²) in [6.45, 7) is 1.49. The van der Waals surface area contributed by atoms with Crippen LogP contribution in [-0.2, 0) is 10.0 Å². The van der Waals surface area contributed by atoms with Crippen LogP contribution in [0.4, 0.5) is 11.4 Å². The van der Waals surface area contributed by atoms with Crippen molar-refractivity contribution in [3.05, 3.63) is 18.2 Å². The topological polar surface area (TPSA) is 101 Å². The van der Waals surface area contributed by atoms with Gasteiger partial charge in [0.1, 0.15) is 0 Å². The number of nitrogens with two attached hydrogens (primary N) is 2. The van der Waals surface area contributed by atoms with Crippen molar-refractivity contribution < 1.29 is 8.42 Å². The molecule has 17 heavy (non-hydrogen) atoms. The molecule has 0 radical (unpaired) electrons. The van der Waals surface area contributed by atoms with Gasteiger partial charge in [0.2, 0.25) is 10.0 Å². The number of nitrogens with zero attached hydrogens (tertiary/aromatic N) is 1. The zero-order chi connectivity index (χ0) is 13.1. The van der Waals surface area contributed by atoms with Crippen LogP contribution in [0, 0.1) is 0 Å². The highest BCUT2D eigenvalue weighted by Gasteiger charge is 2.12. The van der Waals surface area contributed by atoms with E-state index in [4.69, 9.17) is 10.9 Å². The number of hydrogen-bond donors (Lipinski definition) is 3. The van der Waals surface area contributed by atoms with E-state index in [-0.39, 0.29) is 4.90 Å². The predicted molar refractivity (Wildman–Crippen MR) is 69.4 cm³/mol.